The molecule has 1 saturated carbocycles. The molecule has 1 aliphatic heterocycles. The fourth-order valence-electron chi connectivity index (χ4n) is 4.79. The monoisotopic (exact) mass is 516 g/mol. The van der Waals surface area contributed by atoms with Gasteiger partial charge in [0.1, 0.15) is 11.7 Å². The maximum atomic E-state index is 14.2. The summed E-state index contributed by atoms with van der Waals surface area (Å²) in [6, 6.07) is 7.15. The second kappa shape index (κ2) is 12.6. The number of quaternary nitrogens is 1. The molecule has 196 valence electrons. The molecular weight excluding hydrogens is 480 g/mol. The van der Waals surface area contributed by atoms with Crippen LogP contribution in [0.1, 0.15) is 62.8 Å². The number of rotatable bonds is 12. The summed E-state index contributed by atoms with van der Waals surface area (Å²) in [6.45, 7) is 7.03. The molecule has 0 amide bonds. The zero-order valence-corrected chi connectivity index (χ0v) is 21.8. The number of ether oxygens (including phenoxy) is 3. The molecule has 2 heterocycles. The van der Waals surface area contributed by atoms with Crippen molar-refractivity contribution in [2.45, 2.75) is 64.0 Å². The van der Waals surface area contributed by atoms with E-state index in [1.54, 1.807) is 18.2 Å². The van der Waals surface area contributed by atoms with Crippen molar-refractivity contribution in [3.63, 3.8) is 0 Å². The van der Waals surface area contributed by atoms with E-state index in [0.717, 1.165) is 37.2 Å². The molecule has 0 spiro atoms. The van der Waals surface area contributed by atoms with E-state index >= 15 is 0 Å². The summed E-state index contributed by atoms with van der Waals surface area (Å²) in [5.74, 6) is 0.773. The van der Waals surface area contributed by atoms with Gasteiger partial charge in [-0.3, -0.25) is 4.65 Å². The lowest BCUT2D eigenvalue weighted by atomic mass is 9.90. The SMILES string of the molecule is C=CCCCN1CC(OC(=O)COc2ccccc2OCC)[N+]([O-])(c2nnc(C3CCCCC3)s2)C1. The lowest BCUT2D eigenvalue weighted by Crippen LogP contribution is -2.51. The van der Waals surface area contributed by atoms with Gasteiger partial charge in [-0.25, -0.2) is 9.69 Å². The Balaban J connectivity index is 1.45. The van der Waals surface area contributed by atoms with Gasteiger partial charge < -0.3 is 19.4 Å². The van der Waals surface area contributed by atoms with Crippen molar-refractivity contribution in [1.29, 1.82) is 0 Å². The second-order valence-corrected chi connectivity index (χ2v) is 10.3. The first kappa shape index (κ1) is 26.5. The molecule has 4 rings (SSSR count). The highest BCUT2D eigenvalue weighted by atomic mass is 32.1. The van der Waals surface area contributed by atoms with Crippen molar-refractivity contribution in [3.05, 3.63) is 47.1 Å². The van der Waals surface area contributed by atoms with Gasteiger partial charge in [0.2, 0.25) is 0 Å². The Labute approximate surface area is 216 Å². The van der Waals surface area contributed by atoms with E-state index in [1.807, 2.05) is 24.0 Å². The Morgan fingerprint density at radius 2 is 1.97 bits per heavy atom. The maximum absolute atomic E-state index is 14.2. The molecule has 9 nitrogen and oxygen atoms in total. The van der Waals surface area contributed by atoms with E-state index in [4.69, 9.17) is 14.2 Å². The van der Waals surface area contributed by atoms with E-state index in [1.165, 1.54) is 30.6 Å². The molecule has 2 aromatic rings. The Morgan fingerprint density at radius 3 is 2.69 bits per heavy atom. The lowest BCUT2D eigenvalue weighted by Gasteiger charge is -2.38. The zero-order chi connectivity index (χ0) is 25.4. The second-order valence-electron chi connectivity index (χ2n) is 9.32. The third-order valence-electron chi connectivity index (χ3n) is 6.64. The number of para-hydroxylation sites is 2. The standard InChI is InChI=1S/C26H36N4O5S/c1-3-5-11-16-29-17-23(35-24(31)18-34-22-15-10-9-14-21(22)33-4-2)30(32,19-29)26-28-27-25(36-26)20-12-7-6-8-13-20/h3,9-10,14-15,20,23H,1,4-8,11-13,16-19H2,2H3. The van der Waals surface area contributed by atoms with Gasteiger partial charge in [-0.1, -0.05) is 42.6 Å². The minimum atomic E-state index is -0.931. The number of carbonyl (C=O) groups is 1. The van der Waals surface area contributed by atoms with Crippen molar-refractivity contribution < 1.29 is 19.0 Å². The number of nitrogens with zero attached hydrogens (tertiary/aromatic N) is 4. The van der Waals surface area contributed by atoms with Gasteiger partial charge in [0.05, 0.1) is 13.2 Å². The zero-order valence-electron chi connectivity index (χ0n) is 21.0. The first-order chi connectivity index (χ1) is 17.5. The molecule has 2 unspecified atom stereocenters. The van der Waals surface area contributed by atoms with Crippen molar-refractivity contribution in [2.75, 3.05) is 33.0 Å². The van der Waals surface area contributed by atoms with Crippen LogP contribution in [0.5, 0.6) is 11.5 Å². The molecule has 2 aliphatic rings. The first-order valence-corrected chi connectivity index (χ1v) is 13.6. The minimum absolute atomic E-state index is 0.169. The predicted molar refractivity (Wildman–Crippen MR) is 140 cm³/mol. The number of hydroxylamine groups is 2. The Morgan fingerprint density at radius 1 is 1.22 bits per heavy atom. The van der Waals surface area contributed by atoms with Crippen LogP contribution in [0.15, 0.2) is 36.9 Å². The summed E-state index contributed by atoms with van der Waals surface area (Å²) in [4.78, 5) is 14.8. The molecule has 2 atom stereocenters. The van der Waals surface area contributed by atoms with E-state index in [-0.39, 0.29) is 13.3 Å². The van der Waals surface area contributed by atoms with E-state index in [0.29, 0.717) is 35.7 Å². The van der Waals surface area contributed by atoms with Crippen molar-refractivity contribution in [3.8, 4) is 11.5 Å². The lowest BCUT2D eigenvalue weighted by molar-refractivity contribution is -0.155. The van der Waals surface area contributed by atoms with Gasteiger partial charge in [0.25, 0.3) is 6.23 Å². The molecule has 0 N–H and O–H groups in total. The number of benzene rings is 1. The Hall–Kier alpha value is -2.53. The van der Waals surface area contributed by atoms with Crippen molar-refractivity contribution >= 4 is 22.4 Å². The average Bonchev–Trinajstić information content (AvgIpc) is 3.51. The van der Waals surface area contributed by atoms with Gasteiger partial charge in [0, 0.05) is 12.5 Å². The number of unbranched alkanes of at least 4 members (excludes halogenated alkanes) is 1. The Bertz CT molecular complexity index is 1010. The smallest absolute Gasteiger partial charge is 0.348 e. The summed E-state index contributed by atoms with van der Waals surface area (Å²) >= 11 is 1.37. The normalized spacial score (nSPS) is 22.9. The quantitative estimate of drug-likeness (QED) is 0.128. The van der Waals surface area contributed by atoms with Crippen molar-refractivity contribution in [2.24, 2.45) is 0 Å². The van der Waals surface area contributed by atoms with Gasteiger partial charge in [-0.15, -0.1) is 11.7 Å². The molecule has 2 fully saturated rings. The van der Waals surface area contributed by atoms with Crippen LogP contribution < -0.4 is 14.1 Å². The van der Waals surface area contributed by atoms with Crippen LogP contribution in [0.25, 0.3) is 0 Å². The number of allylic oxidation sites excluding steroid dienone is 1. The molecule has 0 bridgehead atoms. The highest BCUT2D eigenvalue weighted by Crippen LogP contribution is 2.40. The number of hydrogen-bond acceptors (Lipinski definition) is 9. The Kier molecular flexibility index (Phi) is 9.30. The number of aromatic nitrogens is 2. The summed E-state index contributed by atoms with van der Waals surface area (Å²) < 4.78 is 16.1. The summed E-state index contributed by atoms with van der Waals surface area (Å²) in [5, 5.41) is 24.1. The van der Waals surface area contributed by atoms with E-state index in [9.17, 15) is 10.0 Å². The molecule has 1 saturated heterocycles. The van der Waals surface area contributed by atoms with E-state index < -0.39 is 16.8 Å². The molecule has 1 aliphatic carbocycles. The number of carbonyl (C=O) groups excluding carboxylic acids is 1. The first-order valence-electron chi connectivity index (χ1n) is 12.8. The molecular formula is C26H36N4O5S. The van der Waals surface area contributed by atoms with Crippen molar-refractivity contribution in [1.82, 2.24) is 19.7 Å². The van der Waals surface area contributed by atoms with Gasteiger partial charge in [-0.2, -0.15) is 0 Å². The minimum Gasteiger partial charge on any atom is -0.622 e. The van der Waals surface area contributed by atoms with Crippen LogP contribution in [0.3, 0.4) is 0 Å². The van der Waals surface area contributed by atoms with Crippen LogP contribution >= 0.6 is 11.3 Å². The summed E-state index contributed by atoms with van der Waals surface area (Å²) in [6.07, 6.45) is 8.45. The summed E-state index contributed by atoms with van der Waals surface area (Å²) in [7, 11) is 0. The predicted octanol–water partition coefficient (Wildman–Crippen LogP) is 4.98. The highest BCUT2D eigenvalue weighted by molar-refractivity contribution is 7.15. The average molecular weight is 517 g/mol. The van der Waals surface area contributed by atoms with Gasteiger partial charge >= 0.3 is 11.1 Å². The van der Waals surface area contributed by atoms with Crippen LogP contribution in [0.4, 0.5) is 5.13 Å². The molecule has 10 heteroatoms. The number of hydrogen-bond donors (Lipinski definition) is 0. The van der Waals surface area contributed by atoms with Crippen LogP contribution in [0.2, 0.25) is 0 Å². The topological polar surface area (TPSA) is 96.8 Å². The fraction of sp³-hybridized carbons (Fsp3) is 0.577. The molecule has 36 heavy (non-hydrogen) atoms. The summed E-state index contributed by atoms with van der Waals surface area (Å²) in [5.41, 5.74) is 0. The highest BCUT2D eigenvalue weighted by Gasteiger charge is 2.46. The third kappa shape index (κ3) is 6.42. The molecule has 1 aromatic heterocycles. The fourth-order valence-corrected chi connectivity index (χ4v) is 5.87. The van der Waals surface area contributed by atoms with Crippen LogP contribution in [0, 0.1) is 5.21 Å². The third-order valence-corrected chi connectivity index (χ3v) is 7.84. The van der Waals surface area contributed by atoms with Gasteiger partial charge in [-0.05, 0) is 56.1 Å². The molecule has 1 aromatic carbocycles. The molecule has 0 radical (unpaired) electrons. The largest absolute Gasteiger partial charge is 0.622 e. The van der Waals surface area contributed by atoms with Gasteiger partial charge in [0.15, 0.2) is 18.1 Å². The van der Waals surface area contributed by atoms with Crippen LogP contribution in [-0.2, 0) is 9.53 Å². The van der Waals surface area contributed by atoms with Crippen LogP contribution in [-0.4, -0.2) is 60.3 Å². The maximum Gasteiger partial charge on any atom is 0.348 e. The van der Waals surface area contributed by atoms with E-state index in [2.05, 4.69) is 16.8 Å². The number of esters is 1.